The van der Waals surface area contributed by atoms with E-state index in [1.165, 1.54) is 19.3 Å². The Bertz CT molecular complexity index is 530. The molecular weight excluding hydrogens is 214 g/mol. The van der Waals surface area contributed by atoms with Gasteiger partial charge >= 0.3 is 0 Å². The zero-order chi connectivity index (χ0) is 11.8. The normalized spacial score (nSPS) is 16.1. The summed E-state index contributed by atoms with van der Waals surface area (Å²) >= 11 is 0. The maximum absolute atomic E-state index is 5.72. The molecule has 0 amide bonds. The van der Waals surface area contributed by atoms with Crippen LogP contribution in [0.4, 0.5) is 11.7 Å². The van der Waals surface area contributed by atoms with Gasteiger partial charge in [0.05, 0.1) is 0 Å². The van der Waals surface area contributed by atoms with Gasteiger partial charge in [-0.25, -0.2) is 0 Å². The predicted octanol–water partition coefficient (Wildman–Crippen LogP) is 2.65. The van der Waals surface area contributed by atoms with Crippen molar-refractivity contribution in [2.45, 2.75) is 19.3 Å². The summed E-state index contributed by atoms with van der Waals surface area (Å²) in [5, 5.41) is 0. The Balaban J connectivity index is 1.83. The zero-order valence-corrected chi connectivity index (χ0v) is 10.0. The van der Waals surface area contributed by atoms with E-state index in [0.717, 1.165) is 23.6 Å². The van der Waals surface area contributed by atoms with Crippen LogP contribution in [0.1, 0.15) is 19.3 Å². The molecule has 1 fully saturated rings. The lowest BCUT2D eigenvalue weighted by molar-refractivity contribution is 0.317. The molecule has 1 heterocycles. The van der Waals surface area contributed by atoms with Crippen LogP contribution in [0.2, 0.25) is 0 Å². The lowest BCUT2D eigenvalue weighted by Crippen LogP contribution is -2.29. The van der Waals surface area contributed by atoms with Gasteiger partial charge in [-0.15, -0.1) is 0 Å². The third-order valence-electron chi connectivity index (χ3n) is 3.48. The van der Waals surface area contributed by atoms with Crippen molar-refractivity contribution in [3.8, 4) is 0 Å². The number of nitrogen functional groups attached to an aromatic ring is 1. The third kappa shape index (κ3) is 1.95. The molecule has 0 unspecified atom stereocenters. The number of benzene rings is 1. The number of nitrogens with zero attached hydrogens (tertiary/aromatic N) is 2. The summed E-state index contributed by atoms with van der Waals surface area (Å²) < 4.78 is 5.71. The number of anilines is 2. The van der Waals surface area contributed by atoms with Crippen LogP contribution in [-0.4, -0.2) is 18.6 Å². The number of aromatic nitrogens is 1. The first-order valence-electron chi connectivity index (χ1n) is 6.09. The second-order valence-electron chi connectivity index (χ2n) is 4.90. The highest BCUT2D eigenvalue weighted by Crippen LogP contribution is 2.29. The first kappa shape index (κ1) is 10.4. The van der Waals surface area contributed by atoms with Crippen LogP contribution in [0, 0.1) is 5.92 Å². The quantitative estimate of drug-likeness (QED) is 0.825. The van der Waals surface area contributed by atoms with Crippen LogP contribution >= 0.6 is 0 Å². The highest BCUT2D eigenvalue weighted by molar-refractivity contribution is 5.78. The molecular formula is C13H17N3O. The van der Waals surface area contributed by atoms with Crippen molar-refractivity contribution in [2.24, 2.45) is 5.92 Å². The molecule has 1 aliphatic rings. The van der Waals surface area contributed by atoms with Gasteiger partial charge in [-0.05, 0) is 30.9 Å². The van der Waals surface area contributed by atoms with E-state index in [1.807, 2.05) is 25.2 Å². The van der Waals surface area contributed by atoms with E-state index in [2.05, 4.69) is 9.88 Å². The standard InChI is InChI=1S/C13H17N3O/c1-16(8-9-3-2-4-9)13-15-11-6-5-10(14)7-12(11)17-13/h5-7,9H,2-4,8,14H2,1H3. The summed E-state index contributed by atoms with van der Waals surface area (Å²) in [5.74, 6) is 0.806. The molecule has 3 rings (SSSR count). The molecule has 0 atom stereocenters. The molecule has 0 radical (unpaired) electrons. The van der Waals surface area contributed by atoms with E-state index in [0.29, 0.717) is 11.7 Å². The van der Waals surface area contributed by atoms with Crippen molar-refractivity contribution in [1.29, 1.82) is 0 Å². The van der Waals surface area contributed by atoms with Crippen molar-refractivity contribution in [3.05, 3.63) is 18.2 Å². The lowest BCUT2D eigenvalue weighted by Gasteiger charge is -2.29. The Labute approximate surface area is 100 Å². The molecule has 1 aliphatic carbocycles. The van der Waals surface area contributed by atoms with Gasteiger partial charge in [-0.2, -0.15) is 4.98 Å². The minimum Gasteiger partial charge on any atom is -0.423 e. The van der Waals surface area contributed by atoms with Gasteiger partial charge in [0.2, 0.25) is 0 Å². The van der Waals surface area contributed by atoms with E-state index >= 15 is 0 Å². The first-order chi connectivity index (χ1) is 8.22. The van der Waals surface area contributed by atoms with Crippen LogP contribution in [0.25, 0.3) is 11.1 Å². The average Bonchev–Trinajstić information content (AvgIpc) is 2.65. The topological polar surface area (TPSA) is 55.3 Å². The summed E-state index contributed by atoms with van der Waals surface area (Å²) in [5.41, 5.74) is 8.06. The van der Waals surface area contributed by atoms with Crippen LogP contribution in [0.5, 0.6) is 0 Å². The van der Waals surface area contributed by atoms with Gasteiger partial charge in [0.15, 0.2) is 5.58 Å². The monoisotopic (exact) mass is 231 g/mol. The molecule has 0 bridgehead atoms. The number of hydrogen-bond donors (Lipinski definition) is 1. The van der Waals surface area contributed by atoms with Gasteiger partial charge in [0, 0.05) is 25.3 Å². The van der Waals surface area contributed by atoms with Crippen molar-refractivity contribution in [2.75, 3.05) is 24.2 Å². The highest BCUT2D eigenvalue weighted by atomic mass is 16.4. The van der Waals surface area contributed by atoms with Crippen LogP contribution in [0.3, 0.4) is 0 Å². The SMILES string of the molecule is CN(CC1CCC1)c1nc2ccc(N)cc2o1. The molecule has 2 N–H and O–H groups in total. The lowest BCUT2D eigenvalue weighted by atomic mass is 9.85. The fourth-order valence-electron chi connectivity index (χ4n) is 2.23. The van der Waals surface area contributed by atoms with Crippen molar-refractivity contribution >= 4 is 22.8 Å². The minimum atomic E-state index is 0.692. The molecule has 1 aromatic carbocycles. The summed E-state index contributed by atoms with van der Waals surface area (Å²) in [7, 11) is 2.03. The average molecular weight is 231 g/mol. The number of hydrogen-bond acceptors (Lipinski definition) is 4. The van der Waals surface area contributed by atoms with E-state index in [4.69, 9.17) is 10.2 Å². The fourth-order valence-corrected chi connectivity index (χ4v) is 2.23. The van der Waals surface area contributed by atoms with Crippen LogP contribution in [0.15, 0.2) is 22.6 Å². The molecule has 1 saturated carbocycles. The molecule has 90 valence electrons. The van der Waals surface area contributed by atoms with E-state index < -0.39 is 0 Å². The van der Waals surface area contributed by atoms with Gasteiger partial charge in [-0.3, -0.25) is 0 Å². The summed E-state index contributed by atoms with van der Waals surface area (Å²) in [4.78, 5) is 6.57. The Kier molecular flexibility index (Phi) is 2.42. The largest absolute Gasteiger partial charge is 0.423 e. The van der Waals surface area contributed by atoms with E-state index in [-0.39, 0.29) is 0 Å². The number of rotatable bonds is 3. The molecule has 0 aliphatic heterocycles. The van der Waals surface area contributed by atoms with E-state index in [9.17, 15) is 0 Å². The summed E-state index contributed by atoms with van der Waals surface area (Å²) in [6.07, 6.45) is 4.03. The highest BCUT2D eigenvalue weighted by Gasteiger charge is 2.21. The fraction of sp³-hybridized carbons (Fsp3) is 0.462. The molecule has 1 aromatic heterocycles. The maximum atomic E-state index is 5.72. The Morgan fingerprint density at radius 1 is 1.47 bits per heavy atom. The summed E-state index contributed by atoms with van der Waals surface area (Å²) in [6.45, 7) is 1.03. The molecule has 17 heavy (non-hydrogen) atoms. The number of oxazole rings is 1. The predicted molar refractivity (Wildman–Crippen MR) is 69.0 cm³/mol. The second kappa shape index (κ2) is 3.95. The molecule has 4 heteroatoms. The van der Waals surface area contributed by atoms with Gasteiger partial charge < -0.3 is 15.1 Å². The van der Waals surface area contributed by atoms with Gasteiger partial charge in [0.1, 0.15) is 5.52 Å². The third-order valence-corrected chi connectivity index (χ3v) is 3.48. The van der Waals surface area contributed by atoms with Crippen molar-refractivity contribution < 1.29 is 4.42 Å². The zero-order valence-electron chi connectivity index (χ0n) is 10.0. The van der Waals surface area contributed by atoms with Crippen molar-refractivity contribution in [3.63, 3.8) is 0 Å². The molecule has 0 saturated heterocycles. The van der Waals surface area contributed by atoms with Gasteiger partial charge in [-0.1, -0.05) is 6.42 Å². The van der Waals surface area contributed by atoms with E-state index in [1.54, 1.807) is 0 Å². The Morgan fingerprint density at radius 2 is 2.29 bits per heavy atom. The second-order valence-corrected chi connectivity index (χ2v) is 4.90. The smallest absolute Gasteiger partial charge is 0.298 e. The maximum Gasteiger partial charge on any atom is 0.298 e. The van der Waals surface area contributed by atoms with Crippen LogP contribution in [-0.2, 0) is 0 Å². The molecule has 2 aromatic rings. The number of nitrogens with two attached hydrogens (primary N) is 1. The van der Waals surface area contributed by atoms with Gasteiger partial charge in [0.25, 0.3) is 6.01 Å². The van der Waals surface area contributed by atoms with Crippen molar-refractivity contribution in [1.82, 2.24) is 4.98 Å². The molecule has 4 nitrogen and oxygen atoms in total. The van der Waals surface area contributed by atoms with Crippen LogP contribution < -0.4 is 10.6 Å². The Morgan fingerprint density at radius 3 is 3.00 bits per heavy atom. The minimum absolute atomic E-state index is 0.692. The summed E-state index contributed by atoms with van der Waals surface area (Å²) in [6, 6.07) is 6.26. The molecule has 0 spiro atoms. The number of fused-ring (bicyclic) bond motifs is 1. The first-order valence-corrected chi connectivity index (χ1v) is 6.09. The Hall–Kier alpha value is -1.71.